The van der Waals surface area contributed by atoms with Crippen LogP contribution in [0.4, 0.5) is 0 Å². The molecule has 1 heterocycles. The van der Waals surface area contributed by atoms with Crippen molar-refractivity contribution >= 4 is 5.97 Å². The number of rotatable bonds is 4. The van der Waals surface area contributed by atoms with Crippen LogP contribution in [0.15, 0.2) is 24.3 Å². The second-order valence-electron chi connectivity index (χ2n) is 4.70. The SMILES string of the molecule is O=C(CCC1CCNCC1)Oc1ccc(O)cc1. The van der Waals surface area contributed by atoms with Crippen LogP contribution in [0.5, 0.6) is 11.5 Å². The first-order chi connectivity index (χ1) is 8.74. The zero-order valence-electron chi connectivity index (χ0n) is 10.4. The summed E-state index contributed by atoms with van der Waals surface area (Å²) in [5, 5.41) is 12.4. The molecule has 0 aromatic heterocycles. The van der Waals surface area contributed by atoms with E-state index >= 15 is 0 Å². The molecule has 1 aromatic carbocycles. The van der Waals surface area contributed by atoms with Gasteiger partial charge in [0.15, 0.2) is 0 Å². The van der Waals surface area contributed by atoms with Crippen molar-refractivity contribution in [3.8, 4) is 11.5 Å². The average Bonchev–Trinajstić information content (AvgIpc) is 2.40. The molecular weight excluding hydrogens is 230 g/mol. The highest BCUT2D eigenvalue weighted by molar-refractivity contribution is 5.72. The molecule has 4 heteroatoms. The van der Waals surface area contributed by atoms with Gasteiger partial charge in [0.25, 0.3) is 0 Å². The van der Waals surface area contributed by atoms with Crippen molar-refractivity contribution in [3.05, 3.63) is 24.3 Å². The number of hydrogen-bond donors (Lipinski definition) is 2. The molecule has 0 radical (unpaired) electrons. The van der Waals surface area contributed by atoms with Gasteiger partial charge in [-0.3, -0.25) is 4.79 Å². The molecule has 18 heavy (non-hydrogen) atoms. The van der Waals surface area contributed by atoms with Gasteiger partial charge in [0.05, 0.1) is 0 Å². The van der Waals surface area contributed by atoms with Gasteiger partial charge in [0, 0.05) is 6.42 Å². The maximum atomic E-state index is 11.6. The fourth-order valence-corrected chi connectivity index (χ4v) is 2.19. The third-order valence-electron chi connectivity index (χ3n) is 3.28. The molecule has 0 amide bonds. The summed E-state index contributed by atoms with van der Waals surface area (Å²) in [5.74, 6) is 1.10. The van der Waals surface area contributed by atoms with Crippen LogP contribution in [-0.4, -0.2) is 24.2 Å². The Morgan fingerprint density at radius 3 is 2.61 bits per heavy atom. The van der Waals surface area contributed by atoms with E-state index in [-0.39, 0.29) is 11.7 Å². The summed E-state index contributed by atoms with van der Waals surface area (Å²) in [7, 11) is 0. The van der Waals surface area contributed by atoms with E-state index in [2.05, 4.69) is 5.32 Å². The minimum Gasteiger partial charge on any atom is -0.508 e. The van der Waals surface area contributed by atoms with Crippen molar-refractivity contribution in [2.75, 3.05) is 13.1 Å². The number of piperidine rings is 1. The maximum absolute atomic E-state index is 11.6. The highest BCUT2D eigenvalue weighted by Gasteiger charge is 2.15. The highest BCUT2D eigenvalue weighted by Crippen LogP contribution is 2.20. The van der Waals surface area contributed by atoms with E-state index in [9.17, 15) is 4.79 Å². The lowest BCUT2D eigenvalue weighted by molar-refractivity contribution is -0.134. The average molecular weight is 249 g/mol. The summed E-state index contributed by atoms with van der Waals surface area (Å²) in [6, 6.07) is 6.21. The number of benzene rings is 1. The lowest BCUT2D eigenvalue weighted by atomic mass is 9.93. The molecule has 0 spiro atoms. The zero-order valence-corrected chi connectivity index (χ0v) is 10.4. The van der Waals surface area contributed by atoms with Crippen LogP contribution in [0.25, 0.3) is 0 Å². The van der Waals surface area contributed by atoms with E-state index in [1.54, 1.807) is 12.1 Å². The normalized spacial score (nSPS) is 16.4. The molecule has 2 rings (SSSR count). The summed E-state index contributed by atoms with van der Waals surface area (Å²) in [5.41, 5.74) is 0. The Morgan fingerprint density at radius 2 is 1.94 bits per heavy atom. The molecular formula is C14H19NO3. The fraction of sp³-hybridized carbons (Fsp3) is 0.500. The first-order valence-corrected chi connectivity index (χ1v) is 6.44. The van der Waals surface area contributed by atoms with Crippen molar-refractivity contribution in [2.24, 2.45) is 5.92 Å². The molecule has 1 aliphatic heterocycles. The maximum Gasteiger partial charge on any atom is 0.311 e. The van der Waals surface area contributed by atoms with Crippen molar-refractivity contribution in [1.82, 2.24) is 5.32 Å². The molecule has 0 unspecified atom stereocenters. The van der Waals surface area contributed by atoms with Crippen molar-refractivity contribution in [2.45, 2.75) is 25.7 Å². The Hall–Kier alpha value is -1.55. The van der Waals surface area contributed by atoms with Crippen LogP contribution in [0.1, 0.15) is 25.7 Å². The quantitative estimate of drug-likeness (QED) is 0.633. The minimum atomic E-state index is -0.195. The molecule has 0 aliphatic carbocycles. The van der Waals surface area contributed by atoms with Gasteiger partial charge in [0.1, 0.15) is 11.5 Å². The summed E-state index contributed by atoms with van der Waals surface area (Å²) in [4.78, 5) is 11.6. The standard InChI is InChI=1S/C14H19NO3/c16-12-2-4-13(5-3-12)18-14(17)6-1-11-7-9-15-10-8-11/h2-5,11,15-16H,1,6-10H2. The number of ether oxygens (including phenoxy) is 1. The minimum absolute atomic E-state index is 0.171. The number of nitrogens with one attached hydrogen (secondary N) is 1. The number of esters is 1. The van der Waals surface area contributed by atoms with Crippen molar-refractivity contribution in [3.63, 3.8) is 0 Å². The molecule has 1 aromatic rings. The lowest BCUT2D eigenvalue weighted by Gasteiger charge is -2.21. The molecule has 0 bridgehead atoms. The van der Waals surface area contributed by atoms with E-state index in [0.29, 0.717) is 18.1 Å². The third kappa shape index (κ3) is 4.04. The van der Waals surface area contributed by atoms with E-state index in [4.69, 9.17) is 9.84 Å². The molecule has 98 valence electrons. The van der Waals surface area contributed by atoms with Gasteiger partial charge in [-0.2, -0.15) is 0 Å². The van der Waals surface area contributed by atoms with Gasteiger partial charge < -0.3 is 15.2 Å². The van der Waals surface area contributed by atoms with Crippen LogP contribution in [0, 0.1) is 5.92 Å². The van der Waals surface area contributed by atoms with Crippen molar-refractivity contribution < 1.29 is 14.6 Å². The molecule has 0 saturated carbocycles. The van der Waals surface area contributed by atoms with Crippen LogP contribution in [0.2, 0.25) is 0 Å². The van der Waals surface area contributed by atoms with E-state index in [1.807, 2.05) is 0 Å². The van der Waals surface area contributed by atoms with E-state index in [0.717, 1.165) is 32.4 Å². The van der Waals surface area contributed by atoms with Crippen molar-refractivity contribution in [1.29, 1.82) is 0 Å². The highest BCUT2D eigenvalue weighted by atomic mass is 16.5. The number of phenols is 1. The predicted octanol–water partition coefficient (Wildman–Crippen LogP) is 2.08. The second-order valence-corrected chi connectivity index (χ2v) is 4.70. The smallest absolute Gasteiger partial charge is 0.311 e. The van der Waals surface area contributed by atoms with Gasteiger partial charge in [-0.15, -0.1) is 0 Å². The van der Waals surface area contributed by atoms with Gasteiger partial charge in [-0.25, -0.2) is 0 Å². The molecule has 2 N–H and O–H groups in total. The molecule has 1 aliphatic rings. The first kappa shape index (κ1) is 12.9. The summed E-state index contributed by atoms with van der Waals surface area (Å²) >= 11 is 0. The molecule has 1 fully saturated rings. The third-order valence-corrected chi connectivity index (χ3v) is 3.28. The number of carbonyl (C=O) groups is 1. The summed E-state index contributed by atoms with van der Waals surface area (Å²) < 4.78 is 5.19. The van der Waals surface area contributed by atoms with Crippen LogP contribution in [-0.2, 0) is 4.79 Å². The number of hydrogen-bond acceptors (Lipinski definition) is 4. The van der Waals surface area contributed by atoms with Gasteiger partial charge in [-0.05, 0) is 62.5 Å². The Labute approximate surface area is 107 Å². The Morgan fingerprint density at radius 1 is 1.28 bits per heavy atom. The van der Waals surface area contributed by atoms with Crippen LogP contribution in [0.3, 0.4) is 0 Å². The fourth-order valence-electron chi connectivity index (χ4n) is 2.19. The van der Waals surface area contributed by atoms with E-state index < -0.39 is 0 Å². The monoisotopic (exact) mass is 249 g/mol. The largest absolute Gasteiger partial charge is 0.508 e. The molecule has 4 nitrogen and oxygen atoms in total. The number of aromatic hydroxyl groups is 1. The van der Waals surface area contributed by atoms with Crippen LogP contribution >= 0.6 is 0 Å². The Balaban J connectivity index is 1.73. The molecule has 1 saturated heterocycles. The lowest BCUT2D eigenvalue weighted by Crippen LogP contribution is -2.28. The van der Waals surface area contributed by atoms with Gasteiger partial charge in [-0.1, -0.05) is 0 Å². The predicted molar refractivity (Wildman–Crippen MR) is 68.6 cm³/mol. The van der Waals surface area contributed by atoms with Gasteiger partial charge in [0.2, 0.25) is 0 Å². The molecule has 0 atom stereocenters. The van der Waals surface area contributed by atoms with E-state index in [1.165, 1.54) is 12.1 Å². The summed E-state index contributed by atoms with van der Waals surface area (Å²) in [6.45, 7) is 2.11. The topological polar surface area (TPSA) is 58.6 Å². The zero-order chi connectivity index (χ0) is 12.8. The first-order valence-electron chi connectivity index (χ1n) is 6.44. The number of phenolic OH excluding ortho intramolecular Hbond substituents is 1. The summed E-state index contributed by atoms with van der Waals surface area (Å²) in [6.07, 6.45) is 3.66. The van der Waals surface area contributed by atoms with Gasteiger partial charge >= 0.3 is 5.97 Å². The Kier molecular flexibility index (Phi) is 4.59. The van der Waals surface area contributed by atoms with Crippen LogP contribution < -0.4 is 10.1 Å². The Bertz CT molecular complexity index is 383. The second kappa shape index (κ2) is 6.40. The number of carbonyl (C=O) groups excluding carboxylic acids is 1.